The SMILES string of the molecule is C=C(NC(C)C)C1CC(NC)CN1C. The van der Waals surface area contributed by atoms with Crippen LogP contribution in [0.2, 0.25) is 0 Å². The first-order valence-corrected chi connectivity index (χ1v) is 5.37. The second-order valence-corrected chi connectivity index (χ2v) is 4.50. The zero-order valence-corrected chi connectivity index (χ0v) is 9.80. The summed E-state index contributed by atoms with van der Waals surface area (Å²) in [6.45, 7) is 9.52. The van der Waals surface area contributed by atoms with E-state index in [0.717, 1.165) is 18.7 Å². The molecule has 1 fully saturated rings. The van der Waals surface area contributed by atoms with Crippen molar-refractivity contribution in [3.8, 4) is 0 Å². The Bertz CT molecular complexity index is 201. The van der Waals surface area contributed by atoms with Crippen molar-refractivity contribution in [2.24, 2.45) is 0 Å². The highest BCUT2D eigenvalue weighted by Crippen LogP contribution is 2.20. The number of hydrogen-bond acceptors (Lipinski definition) is 3. The van der Waals surface area contributed by atoms with Crippen molar-refractivity contribution < 1.29 is 0 Å². The largest absolute Gasteiger partial charge is 0.385 e. The summed E-state index contributed by atoms with van der Waals surface area (Å²) in [4.78, 5) is 2.36. The van der Waals surface area contributed by atoms with E-state index in [1.807, 2.05) is 7.05 Å². The van der Waals surface area contributed by atoms with Crippen molar-refractivity contribution in [2.75, 3.05) is 20.6 Å². The van der Waals surface area contributed by atoms with Crippen LogP contribution in [0.5, 0.6) is 0 Å². The van der Waals surface area contributed by atoms with E-state index in [4.69, 9.17) is 0 Å². The van der Waals surface area contributed by atoms with Crippen LogP contribution in [0.25, 0.3) is 0 Å². The van der Waals surface area contributed by atoms with Crippen LogP contribution in [0.3, 0.4) is 0 Å². The van der Waals surface area contributed by atoms with Crippen molar-refractivity contribution in [3.05, 3.63) is 12.3 Å². The molecule has 1 heterocycles. The van der Waals surface area contributed by atoms with E-state index >= 15 is 0 Å². The Kier molecular flexibility index (Phi) is 3.96. The summed E-state index contributed by atoms with van der Waals surface area (Å²) in [7, 11) is 4.19. The van der Waals surface area contributed by atoms with Crippen LogP contribution >= 0.6 is 0 Å². The van der Waals surface area contributed by atoms with Gasteiger partial charge in [0.25, 0.3) is 0 Å². The van der Waals surface area contributed by atoms with Gasteiger partial charge in [-0.05, 0) is 34.4 Å². The van der Waals surface area contributed by atoms with Gasteiger partial charge in [-0.3, -0.25) is 4.90 Å². The molecule has 2 N–H and O–H groups in total. The molecule has 3 heteroatoms. The van der Waals surface area contributed by atoms with Gasteiger partial charge in [-0.25, -0.2) is 0 Å². The molecule has 0 aromatic heterocycles. The van der Waals surface area contributed by atoms with Gasteiger partial charge in [0.1, 0.15) is 0 Å². The van der Waals surface area contributed by atoms with Crippen LogP contribution in [-0.4, -0.2) is 43.7 Å². The number of rotatable bonds is 4. The van der Waals surface area contributed by atoms with E-state index in [1.165, 1.54) is 0 Å². The molecule has 2 unspecified atom stereocenters. The quantitative estimate of drug-likeness (QED) is 0.698. The molecule has 1 aliphatic rings. The van der Waals surface area contributed by atoms with Crippen LogP contribution in [0.1, 0.15) is 20.3 Å². The fraction of sp³-hybridized carbons (Fsp3) is 0.818. The second kappa shape index (κ2) is 4.80. The zero-order valence-electron chi connectivity index (χ0n) is 9.80. The summed E-state index contributed by atoms with van der Waals surface area (Å²) in [5, 5.41) is 6.72. The monoisotopic (exact) mass is 197 g/mol. The average Bonchev–Trinajstić information content (AvgIpc) is 2.45. The Hall–Kier alpha value is -0.540. The Balaban J connectivity index is 2.48. The van der Waals surface area contributed by atoms with E-state index < -0.39 is 0 Å². The number of likely N-dealkylation sites (N-methyl/N-ethyl adjacent to an activating group) is 2. The molecule has 14 heavy (non-hydrogen) atoms. The lowest BCUT2D eigenvalue weighted by Crippen LogP contribution is -2.35. The maximum Gasteiger partial charge on any atom is 0.0502 e. The molecule has 1 rings (SSSR count). The third kappa shape index (κ3) is 2.72. The first kappa shape index (κ1) is 11.5. The topological polar surface area (TPSA) is 27.3 Å². The van der Waals surface area contributed by atoms with Crippen LogP contribution in [0, 0.1) is 0 Å². The Morgan fingerprint density at radius 3 is 2.57 bits per heavy atom. The van der Waals surface area contributed by atoms with Gasteiger partial charge in [0, 0.05) is 24.3 Å². The van der Waals surface area contributed by atoms with Gasteiger partial charge in [-0.1, -0.05) is 6.58 Å². The van der Waals surface area contributed by atoms with Gasteiger partial charge >= 0.3 is 0 Å². The normalized spacial score (nSPS) is 28.4. The molecule has 2 atom stereocenters. The molecule has 3 nitrogen and oxygen atoms in total. The average molecular weight is 197 g/mol. The lowest BCUT2D eigenvalue weighted by Gasteiger charge is -2.24. The first-order chi connectivity index (χ1) is 6.54. The molecule has 1 aliphatic heterocycles. The highest BCUT2D eigenvalue weighted by Gasteiger charge is 2.30. The first-order valence-electron chi connectivity index (χ1n) is 5.37. The van der Waals surface area contributed by atoms with Crippen molar-refractivity contribution in [3.63, 3.8) is 0 Å². The maximum atomic E-state index is 4.12. The summed E-state index contributed by atoms with van der Waals surface area (Å²) in [5.74, 6) is 0. The molecule has 0 spiro atoms. The van der Waals surface area contributed by atoms with E-state index in [2.05, 4.69) is 43.0 Å². The molecular formula is C11H23N3. The van der Waals surface area contributed by atoms with E-state index in [0.29, 0.717) is 18.1 Å². The lowest BCUT2D eigenvalue weighted by atomic mass is 10.1. The molecule has 0 aromatic carbocycles. The highest BCUT2D eigenvalue weighted by atomic mass is 15.2. The summed E-state index contributed by atoms with van der Waals surface area (Å²) in [6.07, 6.45) is 1.16. The van der Waals surface area contributed by atoms with Gasteiger partial charge in [0.05, 0.1) is 6.04 Å². The molecule has 0 amide bonds. The summed E-state index contributed by atoms with van der Waals surface area (Å²) >= 11 is 0. The van der Waals surface area contributed by atoms with Gasteiger partial charge < -0.3 is 10.6 Å². The molecule has 0 aromatic rings. The summed E-state index contributed by atoms with van der Waals surface area (Å²) in [5.41, 5.74) is 1.15. The Morgan fingerprint density at radius 1 is 1.50 bits per heavy atom. The van der Waals surface area contributed by atoms with Crippen LogP contribution in [0.15, 0.2) is 12.3 Å². The Labute approximate surface area is 87.6 Å². The summed E-state index contributed by atoms with van der Waals surface area (Å²) in [6, 6.07) is 1.56. The van der Waals surface area contributed by atoms with Crippen molar-refractivity contribution in [1.82, 2.24) is 15.5 Å². The van der Waals surface area contributed by atoms with E-state index in [1.54, 1.807) is 0 Å². The molecule has 82 valence electrons. The highest BCUT2D eigenvalue weighted by molar-refractivity contribution is 5.09. The van der Waals surface area contributed by atoms with Crippen LogP contribution < -0.4 is 10.6 Å². The molecule has 0 radical (unpaired) electrons. The third-order valence-electron chi connectivity index (χ3n) is 2.83. The number of likely N-dealkylation sites (tertiary alicyclic amines) is 1. The van der Waals surface area contributed by atoms with Gasteiger partial charge in [0.15, 0.2) is 0 Å². The lowest BCUT2D eigenvalue weighted by molar-refractivity contribution is 0.327. The third-order valence-corrected chi connectivity index (χ3v) is 2.83. The fourth-order valence-electron chi connectivity index (χ4n) is 2.08. The molecule has 0 aliphatic carbocycles. The molecule has 0 saturated carbocycles. The van der Waals surface area contributed by atoms with Crippen LogP contribution in [-0.2, 0) is 0 Å². The van der Waals surface area contributed by atoms with Gasteiger partial charge in [-0.2, -0.15) is 0 Å². The number of nitrogens with zero attached hydrogens (tertiary/aromatic N) is 1. The minimum absolute atomic E-state index is 0.476. The standard InChI is InChI=1S/C11H23N3/c1-8(2)13-9(3)11-6-10(12-4)7-14(11)5/h8,10-13H,3,6-7H2,1-2,4-5H3. The Morgan fingerprint density at radius 2 is 2.14 bits per heavy atom. The van der Waals surface area contributed by atoms with Crippen molar-refractivity contribution in [1.29, 1.82) is 0 Å². The smallest absolute Gasteiger partial charge is 0.0502 e. The fourth-order valence-corrected chi connectivity index (χ4v) is 2.08. The van der Waals surface area contributed by atoms with E-state index in [9.17, 15) is 0 Å². The van der Waals surface area contributed by atoms with Gasteiger partial charge in [0.2, 0.25) is 0 Å². The number of hydrogen-bond donors (Lipinski definition) is 2. The second-order valence-electron chi connectivity index (χ2n) is 4.50. The van der Waals surface area contributed by atoms with Crippen LogP contribution in [0.4, 0.5) is 0 Å². The molecule has 1 saturated heterocycles. The molecular weight excluding hydrogens is 174 g/mol. The maximum absolute atomic E-state index is 4.12. The summed E-state index contributed by atoms with van der Waals surface area (Å²) < 4.78 is 0. The number of nitrogens with one attached hydrogen (secondary N) is 2. The minimum Gasteiger partial charge on any atom is -0.385 e. The van der Waals surface area contributed by atoms with Crippen molar-refractivity contribution >= 4 is 0 Å². The predicted molar refractivity (Wildman–Crippen MR) is 61.3 cm³/mol. The predicted octanol–water partition coefficient (Wildman–Crippen LogP) is 0.790. The van der Waals surface area contributed by atoms with E-state index in [-0.39, 0.29) is 0 Å². The van der Waals surface area contributed by atoms with Crippen molar-refractivity contribution in [2.45, 2.75) is 38.4 Å². The van der Waals surface area contributed by atoms with Gasteiger partial charge in [-0.15, -0.1) is 0 Å². The zero-order chi connectivity index (χ0) is 10.7. The molecule has 0 bridgehead atoms. The minimum atomic E-state index is 0.476.